The van der Waals surface area contributed by atoms with Crippen LogP contribution in [0.5, 0.6) is 17.2 Å². The molecule has 1 aliphatic rings. The summed E-state index contributed by atoms with van der Waals surface area (Å²) in [7, 11) is 2.93. The van der Waals surface area contributed by atoms with Crippen LogP contribution in [0, 0.1) is 0 Å². The molecule has 2 N–H and O–H groups in total. The lowest BCUT2D eigenvalue weighted by molar-refractivity contribution is -0.132. The number of carbonyl (C=O) groups excluding carboxylic acids is 2. The number of Topliss-reactive ketones (excluding diaryl/α,β-unsaturated/α-hetero) is 1. The number of ketones is 1. The van der Waals surface area contributed by atoms with Crippen molar-refractivity contribution in [2.45, 2.75) is 6.04 Å². The highest BCUT2D eigenvalue weighted by Crippen LogP contribution is 2.47. The van der Waals surface area contributed by atoms with Crippen molar-refractivity contribution in [3.63, 3.8) is 0 Å². The van der Waals surface area contributed by atoms with Crippen molar-refractivity contribution in [3.05, 3.63) is 88.5 Å². The van der Waals surface area contributed by atoms with Crippen LogP contribution in [-0.4, -0.2) is 36.1 Å². The number of phenolic OH excluding ortho intramolecular Hbond substituents is 1. The molecule has 0 aliphatic carbocycles. The summed E-state index contributed by atoms with van der Waals surface area (Å²) in [5.74, 6) is -1.60. The first-order valence-electron chi connectivity index (χ1n) is 9.94. The molecule has 1 atom stereocenters. The average Bonchev–Trinajstić information content (AvgIpc) is 3.09. The third-order valence-corrected chi connectivity index (χ3v) is 5.74. The van der Waals surface area contributed by atoms with Crippen molar-refractivity contribution in [1.82, 2.24) is 0 Å². The van der Waals surface area contributed by atoms with Crippen LogP contribution >= 0.6 is 11.6 Å². The predicted molar refractivity (Wildman–Crippen MR) is 124 cm³/mol. The van der Waals surface area contributed by atoms with E-state index in [9.17, 15) is 19.8 Å². The number of ether oxygens (including phenoxy) is 2. The van der Waals surface area contributed by atoms with Crippen molar-refractivity contribution >= 4 is 34.7 Å². The molecule has 1 amide bonds. The molecular formula is C25H20ClNO6. The summed E-state index contributed by atoms with van der Waals surface area (Å²) < 4.78 is 10.6. The number of phenols is 1. The number of carbonyl (C=O) groups is 2. The molecule has 3 aromatic carbocycles. The first kappa shape index (κ1) is 22.2. The average molecular weight is 466 g/mol. The lowest BCUT2D eigenvalue weighted by Gasteiger charge is -2.27. The maximum atomic E-state index is 13.2. The molecule has 3 aromatic rings. The highest BCUT2D eigenvalue weighted by atomic mass is 35.5. The van der Waals surface area contributed by atoms with Crippen molar-refractivity contribution in [2.24, 2.45) is 0 Å². The zero-order chi connectivity index (χ0) is 23.7. The Labute approximate surface area is 195 Å². The second kappa shape index (κ2) is 8.88. The van der Waals surface area contributed by atoms with Gasteiger partial charge in [0.2, 0.25) is 0 Å². The number of amides is 1. The molecule has 1 aliphatic heterocycles. The van der Waals surface area contributed by atoms with Gasteiger partial charge in [0.05, 0.1) is 36.5 Å². The van der Waals surface area contributed by atoms with Gasteiger partial charge in [-0.05, 0) is 36.4 Å². The van der Waals surface area contributed by atoms with Crippen LogP contribution in [-0.2, 0) is 9.59 Å². The minimum absolute atomic E-state index is 0.127. The van der Waals surface area contributed by atoms with Gasteiger partial charge in [-0.25, -0.2) is 0 Å². The fourth-order valence-electron chi connectivity index (χ4n) is 3.90. The Bertz CT molecular complexity index is 1290. The van der Waals surface area contributed by atoms with E-state index in [4.69, 9.17) is 21.1 Å². The highest BCUT2D eigenvalue weighted by Gasteiger charge is 2.48. The smallest absolute Gasteiger partial charge is 0.300 e. The zero-order valence-electron chi connectivity index (χ0n) is 17.8. The second-order valence-corrected chi connectivity index (χ2v) is 7.66. The van der Waals surface area contributed by atoms with Crippen LogP contribution in [0.2, 0.25) is 5.02 Å². The van der Waals surface area contributed by atoms with Gasteiger partial charge in [-0.15, -0.1) is 0 Å². The number of aromatic hydroxyl groups is 1. The number of hydrogen-bond donors (Lipinski definition) is 2. The topological polar surface area (TPSA) is 96.3 Å². The molecule has 33 heavy (non-hydrogen) atoms. The number of hydrogen-bond acceptors (Lipinski definition) is 6. The normalized spacial score (nSPS) is 17.3. The monoisotopic (exact) mass is 465 g/mol. The van der Waals surface area contributed by atoms with Gasteiger partial charge in [-0.2, -0.15) is 0 Å². The molecule has 1 fully saturated rings. The molecule has 0 spiro atoms. The fraction of sp³-hybridized carbons (Fsp3) is 0.120. The summed E-state index contributed by atoms with van der Waals surface area (Å²) in [6.07, 6.45) is 0. The quantitative estimate of drug-likeness (QED) is 0.322. The Morgan fingerprint density at radius 1 is 0.939 bits per heavy atom. The van der Waals surface area contributed by atoms with E-state index in [1.807, 2.05) is 0 Å². The second-order valence-electron chi connectivity index (χ2n) is 7.25. The molecule has 7 nitrogen and oxygen atoms in total. The molecule has 0 aromatic heterocycles. The van der Waals surface area contributed by atoms with E-state index in [-0.39, 0.29) is 27.6 Å². The molecular weight excluding hydrogens is 446 g/mol. The number of nitrogens with zero attached hydrogens (tertiary/aromatic N) is 1. The molecule has 8 heteroatoms. The number of methoxy groups -OCH3 is 2. The number of anilines is 1. The minimum atomic E-state index is -1.06. The number of rotatable bonds is 5. The van der Waals surface area contributed by atoms with Gasteiger partial charge in [0.25, 0.3) is 11.7 Å². The molecule has 0 bridgehead atoms. The molecule has 1 unspecified atom stereocenters. The van der Waals surface area contributed by atoms with E-state index in [0.717, 1.165) is 4.90 Å². The Morgan fingerprint density at radius 3 is 2.27 bits per heavy atom. The molecule has 0 radical (unpaired) electrons. The summed E-state index contributed by atoms with van der Waals surface area (Å²) in [5, 5.41) is 21.9. The van der Waals surface area contributed by atoms with E-state index < -0.39 is 23.5 Å². The summed E-state index contributed by atoms with van der Waals surface area (Å²) in [5.41, 5.74) is 0.663. The standard InChI is InChI=1S/C25H20ClNO6/c1-32-19-10-6-3-7-15(19)22-21(23(29)14-11-12-20(33-2)16(26)13-14)24(30)25(31)27(22)17-8-4-5-9-18(17)28/h3-13,22,28-29H,1-2H3/b23-21+. The molecule has 0 saturated carbocycles. The van der Waals surface area contributed by atoms with Gasteiger partial charge < -0.3 is 19.7 Å². The third-order valence-electron chi connectivity index (χ3n) is 5.44. The number of aliphatic hydroxyl groups is 1. The Hall–Kier alpha value is -3.97. The maximum absolute atomic E-state index is 13.2. The third kappa shape index (κ3) is 3.76. The highest BCUT2D eigenvalue weighted by molar-refractivity contribution is 6.52. The lowest BCUT2D eigenvalue weighted by Crippen LogP contribution is -2.29. The molecule has 1 saturated heterocycles. The van der Waals surface area contributed by atoms with Crippen molar-refractivity contribution in [3.8, 4) is 17.2 Å². The van der Waals surface area contributed by atoms with Crippen LogP contribution in [0.25, 0.3) is 5.76 Å². The van der Waals surface area contributed by atoms with Gasteiger partial charge in [0.15, 0.2) is 0 Å². The number of aliphatic hydroxyl groups excluding tert-OH is 1. The molecule has 4 rings (SSSR count). The summed E-state index contributed by atoms with van der Waals surface area (Å²) in [6.45, 7) is 0. The van der Waals surface area contributed by atoms with Crippen LogP contribution in [0.4, 0.5) is 5.69 Å². The van der Waals surface area contributed by atoms with E-state index >= 15 is 0 Å². The Balaban J connectivity index is 2.00. The van der Waals surface area contributed by atoms with Crippen LogP contribution < -0.4 is 14.4 Å². The number of halogens is 1. The SMILES string of the molecule is COc1ccc(/C(O)=C2\C(=O)C(=O)N(c3ccccc3O)C2c2ccccc2OC)cc1Cl. The van der Waals surface area contributed by atoms with Crippen LogP contribution in [0.15, 0.2) is 72.3 Å². The summed E-state index contributed by atoms with van der Waals surface area (Å²) >= 11 is 6.22. The summed E-state index contributed by atoms with van der Waals surface area (Å²) in [6, 6.07) is 16.5. The van der Waals surface area contributed by atoms with E-state index in [1.165, 1.54) is 38.5 Å². The lowest BCUT2D eigenvalue weighted by atomic mass is 9.94. The first-order valence-corrected chi connectivity index (χ1v) is 10.3. The van der Waals surface area contributed by atoms with E-state index in [2.05, 4.69) is 0 Å². The Morgan fingerprint density at radius 2 is 1.61 bits per heavy atom. The van der Waals surface area contributed by atoms with Gasteiger partial charge in [0, 0.05) is 11.1 Å². The number of para-hydroxylation sites is 3. The van der Waals surface area contributed by atoms with Crippen LogP contribution in [0.1, 0.15) is 17.2 Å². The van der Waals surface area contributed by atoms with Crippen molar-refractivity contribution in [2.75, 3.05) is 19.1 Å². The van der Waals surface area contributed by atoms with Crippen LogP contribution in [0.3, 0.4) is 0 Å². The predicted octanol–water partition coefficient (Wildman–Crippen LogP) is 4.69. The largest absolute Gasteiger partial charge is 0.507 e. The van der Waals surface area contributed by atoms with Crippen molar-refractivity contribution < 1.29 is 29.3 Å². The zero-order valence-corrected chi connectivity index (χ0v) is 18.5. The van der Waals surface area contributed by atoms with Gasteiger partial charge in [-0.1, -0.05) is 41.9 Å². The molecule has 1 heterocycles. The maximum Gasteiger partial charge on any atom is 0.300 e. The Kier molecular flexibility index (Phi) is 5.98. The van der Waals surface area contributed by atoms with Gasteiger partial charge >= 0.3 is 0 Å². The molecule has 168 valence electrons. The first-order chi connectivity index (χ1) is 15.9. The fourth-order valence-corrected chi connectivity index (χ4v) is 4.16. The van der Waals surface area contributed by atoms with E-state index in [0.29, 0.717) is 17.1 Å². The van der Waals surface area contributed by atoms with Gasteiger partial charge in [0.1, 0.15) is 23.0 Å². The minimum Gasteiger partial charge on any atom is -0.507 e. The van der Waals surface area contributed by atoms with Crippen molar-refractivity contribution in [1.29, 1.82) is 0 Å². The number of benzene rings is 3. The van der Waals surface area contributed by atoms with Gasteiger partial charge in [-0.3, -0.25) is 14.5 Å². The van der Waals surface area contributed by atoms with E-state index in [1.54, 1.807) is 42.5 Å². The summed E-state index contributed by atoms with van der Waals surface area (Å²) in [4.78, 5) is 27.6.